The number of rotatable bonds is 1. The van der Waals surface area contributed by atoms with E-state index in [1.54, 1.807) is 0 Å². The van der Waals surface area contributed by atoms with Crippen molar-refractivity contribution >= 4 is 24.8 Å². The number of hydrogen-bond donors (Lipinski definition) is 1. The largest absolute Gasteiger partial charge is 0.325 e. The van der Waals surface area contributed by atoms with Gasteiger partial charge in [-0.1, -0.05) is 29.8 Å². The predicted molar refractivity (Wildman–Crippen MR) is 103 cm³/mol. The summed E-state index contributed by atoms with van der Waals surface area (Å²) in [6, 6.07) is 8.80. The van der Waals surface area contributed by atoms with Gasteiger partial charge in [0.15, 0.2) is 0 Å². The highest BCUT2D eigenvalue weighted by Gasteiger charge is 2.44. The molecule has 0 aliphatic carbocycles. The van der Waals surface area contributed by atoms with Gasteiger partial charge in [0, 0.05) is 13.1 Å². The van der Waals surface area contributed by atoms with E-state index < -0.39 is 0 Å². The molecule has 6 heteroatoms. The van der Waals surface area contributed by atoms with Gasteiger partial charge in [-0.2, -0.15) is 0 Å². The lowest BCUT2D eigenvalue weighted by Crippen LogP contribution is -2.55. The Morgan fingerprint density at radius 3 is 2.38 bits per heavy atom. The second-order valence-electron chi connectivity index (χ2n) is 6.69. The maximum Gasteiger partial charge on any atom is 0.129 e. The molecule has 1 fully saturated rings. The molecule has 2 aliphatic rings. The smallest absolute Gasteiger partial charge is 0.129 e. The van der Waals surface area contributed by atoms with Crippen LogP contribution in [0, 0.1) is 6.92 Å². The van der Waals surface area contributed by atoms with Crippen LogP contribution in [-0.2, 0) is 12.1 Å². The second kappa shape index (κ2) is 7.44. The molecule has 132 valence electrons. The summed E-state index contributed by atoms with van der Waals surface area (Å²) in [6.07, 6.45) is 4.37. The molecule has 4 nitrogen and oxygen atoms in total. The molecule has 2 aliphatic heterocycles. The summed E-state index contributed by atoms with van der Waals surface area (Å²) >= 11 is 0. The fourth-order valence-corrected chi connectivity index (χ4v) is 4.01. The van der Waals surface area contributed by atoms with Gasteiger partial charge in [-0.25, -0.2) is 4.98 Å². The summed E-state index contributed by atoms with van der Waals surface area (Å²) in [5.41, 5.74) is 3.96. The number of imidazole rings is 1. The Morgan fingerprint density at radius 1 is 1.04 bits per heavy atom. The van der Waals surface area contributed by atoms with E-state index in [2.05, 4.69) is 59.2 Å². The van der Waals surface area contributed by atoms with E-state index in [1.165, 1.54) is 22.6 Å². The van der Waals surface area contributed by atoms with Gasteiger partial charge in [0.05, 0.1) is 17.4 Å². The molecule has 0 radical (unpaired) electrons. The third-order valence-electron chi connectivity index (χ3n) is 5.44. The Kier molecular flexibility index (Phi) is 5.97. The number of benzene rings is 1. The monoisotopic (exact) mass is 368 g/mol. The molecule has 2 aromatic rings. The molecular weight excluding hydrogens is 343 g/mol. The van der Waals surface area contributed by atoms with Crippen LogP contribution in [0.3, 0.4) is 0 Å². The van der Waals surface area contributed by atoms with Crippen LogP contribution in [0.4, 0.5) is 0 Å². The van der Waals surface area contributed by atoms with Gasteiger partial charge in [-0.05, 0) is 45.5 Å². The van der Waals surface area contributed by atoms with Crippen molar-refractivity contribution in [2.75, 3.05) is 26.7 Å². The highest BCUT2D eigenvalue weighted by molar-refractivity contribution is 5.85. The third kappa shape index (κ3) is 2.97. The molecule has 0 bridgehead atoms. The van der Waals surface area contributed by atoms with Gasteiger partial charge >= 0.3 is 0 Å². The van der Waals surface area contributed by atoms with E-state index >= 15 is 0 Å². The minimum absolute atomic E-state index is 0. The molecule has 3 heterocycles. The zero-order valence-corrected chi connectivity index (χ0v) is 15.9. The summed E-state index contributed by atoms with van der Waals surface area (Å²) in [7, 11) is 2.26. The summed E-state index contributed by atoms with van der Waals surface area (Å²) in [5.74, 6) is 1.26. The minimum Gasteiger partial charge on any atom is -0.325 e. The first kappa shape index (κ1) is 19.3. The highest BCUT2D eigenvalue weighted by atomic mass is 35.5. The molecule has 1 N–H and O–H groups in total. The van der Waals surface area contributed by atoms with Gasteiger partial charge in [0.2, 0.25) is 0 Å². The first-order chi connectivity index (χ1) is 10.7. The Morgan fingerprint density at radius 2 is 1.71 bits per heavy atom. The quantitative estimate of drug-likeness (QED) is 0.838. The predicted octanol–water partition coefficient (Wildman–Crippen LogP) is 3.23. The highest BCUT2D eigenvalue weighted by Crippen LogP contribution is 2.40. The van der Waals surface area contributed by atoms with E-state index in [4.69, 9.17) is 4.98 Å². The molecule has 0 amide bonds. The number of likely N-dealkylation sites (N-methyl/N-ethyl adjacent to an activating group) is 1. The van der Waals surface area contributed by atoms with E-state index in [0.717, 1.165) is 39.0 Å². The van der Waals surface area contributed by atoms with Crippen LogP contribution >= 0.6 is 24.8 Å². The number of aryl methyl sites for hydroxylation is 1. The van der Waals surface area contributed by atoms with Crippen LogP contribution in [-0.4, -0.2) is 41.1 Å². The minimum atomic E-state index is 0. The first-order valence-electron chi connectivity index (χ1n) is 8.26. The second-order valence-corrected chi connectivity index (χ2v) is 6.69. The number of hydrogen-bond acceptors (Lipinski definition) is 3. The SMILES string of the molecule is Cc1ccc(-c2cnc3n2CCN(C)C32CCNCC2)cc1.Cl.Cl. The van der Waals surface area contributed by atoms with Crippen LogP contribution in [0.1, 0.15) is 24.2 Å². The Hall–Kier alpha value is -1.07. The van der Waals surface area contributed by atoms with Crippen molar-refractivity contribution in [3.63, 3.8) is 0 Å². The number of nitrogens with zero attached hydrogens (tertiary/aromatic N) is 3. The van der Waals surface area contributed by atoms with Gasteiger partial charge < -0.3 is 9.88 Å². The number of halogens is 2. The van der Waals surface area contributed by atoms with Gasteiger partial charge in [-0.3, -0.25) is 4.90 Å². The number of fused-ring (bicyclic) bond motifs is 2. The average Bonchev–Trinajstić information content (AvgIpc) is 2.98. The lowest BCUT2D eigenvalue weighted by molar-refractivity contribution is 0.0440. The molecule has 4 rings (SSSR count). The zero-order valence-electron chi connectivity index (χ0n) is 14.3. The Labute approximate surface area is 156 Å². The van der Waals surface area contributed by atoms with Crippen molar-refractivity contribution < 1.29 is 0 Å². The van der Waals surface area contributed by atoms with E-state index in [1.807, 2.05) is 0 Å². The average molecular weight is 369 g/mol. The molecule has 1 aromatic carbocycles. The normalized spacial score (nSPS) is 19.2. The van der Waals surface area contributed by atoms with Crippen molar-refractivity contribution in [1.29, 1.82) is 0 Å². The van der Waals surface area contributed by atoms with Crippen molar-refractivity contribution in [3.8, 4) is 11.3 Å². The molecule has 24 heavy (non-hydrogen) atoms. The zero-order chi connectivity index (χ0) is 15.2. The molecule has 1 aromatic heterocycles. The third-order valence-corrected chi connectivity index (χ3v) is 5.44. The molecule has 0 atom stereocenters. The van der Waals surface area contributed by atoms with Crippen LogP contribution in [0.2, 0.25) is 0 Å². The van der Waals surface area contributed by atoms with Crippen molar-refractivity contribution in [2.45, 2.75) is 31.8 Å². The van der Waals surface area contributed by atoms with E-state index in [-0.39, 0.29) is 30.4 Å². The molecule has 1 spiro atoms. The van der Waals surface area contributed by atoms with E-state index in [9.17, 15) is 0 Å². The van der Waals surface area contributed by atoms with Crippen LogP contribution in [0.15, 0.2) is 30.5 Å². The van der Waals surface area contributed by atoms with Gasteiger partial charge in [0.25, 0.3) is 0 Å². The molecule has 0 saturated carbocycles. The number of piperidine rings is 1. The van der Waals surface area contributed by atoms with Crippen molar-refractivity contribution in [3.05, 3.63) is 41.9 Å². The summed E-state index contributed by atoms with van der Waals surface area (Å²) < 4.78 is 2.45. The molecule has 1 saturated heterocycles. The van der Waals surface area contributed by atoms with Crippen molar-refractivity contribution in [1.82, 2.24) is 19.8 Å². The van der Waals surface area contributed by atoms with Gasteiger partial charge in [-0.15, -0.1) is 24.8 Å². The maximum atomic E-state index is 4.88. The van der Waals surface area contributed by atoms with Gasteiger partial charge in [0.1, 0.15) is 5.82 Å². The molecule has 0 unspecified atom stereocenters. The fraction of sp³-hybridized carbons (Fsp3) is 0.500. The fourth-order valence-electron chi connectivity index (χ4n) is 4.01. The lowest BCUT2D eigenvalue weighted by Gasteiger charge is -2.47. The summed E-state index contributed by atoms with van der Waals surface area (Å²) in [6.45, 7) is 6.43. The number of nitrogens with one attached hydrogen (secondary N) is 1. The summed E-state index contributed by atoms with van der Waals surface area (Å²) in [5, 5.41) is 3.49. The van der Waals surface area contributed by atoms with E-state index in [0.29, 0.717) is 0 Å². The van der Waals surface area contributed by atoms with Crippen LogP contribution in [0.25, 0.3) is 11.3 Å². The summed E-state index contributed by atoms with van der Waals surface area (Å²) in [4.78, 5) is 7.40. The lowest BCUT2D eigenvalue weighted by atomic mass is 9.84. The Balaban J connectivity index is 0.00000104. The molecular formula is C18H26Cl2N4. The van der Waals surface area contributed by atoms with Crippen LogP contribution < -0.4 is 5.32 Å². The standard InChI is InChI=1S/C18H24N4.2ClH/c1-14-3-5-15(6-4-14)16-13-20-17-18(7-9-19-10-8-18)21(2)11-12-22(16)17;;/h3-6,13,19H,7-12H2,1-2H3;2*1H. The Bertz CT molecular complexity index is 675. The topological polar surface area (TPSA) is 33.1 Å². The first-order valence-corrected chi connectivity index (χ1v) is 8.26. The maximum absolute atomic E-state index is 4.88. The van der Waals surface area contributed by atoms with Crippen LogP contribution in [0.5, 0.6) is 0 Å². The number of aromatic nitrogens is 2. The van der Waals surface area contributed by atoms with Crippen molar-refractivity contribution in [2.24, 2.45) is 0 Å².